The molecule has 0 spiro atoms. The molecule has 0 aliphatic heterocycles. The van der Waals surface area contributed by atoms with Gasteiger partial charge in [0.25, 0.3) is 12.3 Å². The number of amides is 2. The summed E-state index contributed by atoms with van der Waals surface area (Å²) in [5.74, 6) is -2.49. The van der Waals surface area contributed by atoms with Crippen LogP contribution in [0.3, 0.4) is 0 Å². The van der Waals surface area contributed by atoms with Gasteiger partial charge >= 0.3 is 0 Å². The molecule has 228 valence electrons. The van der Waals surface area contributed by atoms with Crippen LogP contribution in [0.4, 0.5) is 34.9 Å². The van der Waals surface area contributed by atoms with Crippen LogP contribution in [-0.4, -0.2) is 34.4 Å². The lowest BCUT2D eigenvalue weighted by Crippen LogP contribution is -2.34. The van der Waals surface area contributed by atoms with E-state index in [1.807, 2.05) is 0 Å². The first-order valence-electron chi connectivity index (χ1n) is 12.9. The highest BCUT2D eigenvalue weighted by Gasteiger charge is 2.23. The molecule has 0 radical (unpaired) electrons. The molecule has 0 unspecified atom stereocenters. The number of fused-ring (bicyclic) bond motifs is 1. The Balaban J connectivity index is 1.69. The number of anilines is 3. The molecule has 1 aromatic heterocycles. The Morgan fingerprint density at radius 1 is 1.05 bits per heavy atom. The van der Waals surface area contributed by atoms with Crippen molar-refractivity contribution in [1.82, 2.24) is 14.9 Å². The van der Waals surface area contributed by atoms with Gasteiger partial charge in [0, 0.05) is 36.3 Å². The first-order valence-corrected chi connectivity index (χ1v) is 13.6. The monoisotopic (exact) mass is 639 g/mol. The lowest BCUT2D eigenvalue weighted by Gasteiger charge is -2.18. The van der Waals surface area contributed by atoms with Gasteiger partial charge in [0.15, 0.2) is 5.82 Å². The number of nitrogens with one attached hydrogen (secondary N) is 3. The SMILES string of the molecule is Cn1c(Nc2c(Cl)ccc(CNC(=O)C(C)(C)C)c2F)nc2cc(C(=O)Nc3ccc(F)c(Cl)c3)c(OCC(F)F)cc21. The van der Waals surface area contributed by atoms with E-state index in [1.54, 1.807) is 27.8 Å². The molecule has 4 rings (SSSR count). The summed E-state index contributed by atoms with van der Waals surface area (Å²) in [4.78, 5) is 29.8. The highest BCUT2D eigenvalue weighted by atomic mass is 35.5. The number of ether oxygens (including phenoxy) is 1. The molecule has 43 heavy (non-hydrogen) atoms. The molecule has 0 aliphatic rings. The van der Waals surface area contributed by atoms with Crippen molar-refractivity contribution in [2.75, 3.05) is 17.2 Å². The van der Waals surface area contributed by atoms with Crippen molar-refractivity contribution in [2.24, 2.45) is 12.5 Å². The van der Waals surface area contributed by atoms with Gasteiger partial charge in [-0.3, -0.25) is 9.59 Å². The topological polar surface area (TPSA) is 97.3 Å². The van der Waals surface area contributed by atoms with E-state index in [0.717, 1.165) is 6.07 Å². The fourth-order valence-electron chi connectivity index (χ4n) is 3.95. The van der Waals surface area contributed by atoms with Crippen molar-refractivity contribution in [2.45, 2.75) is 33.7 Å². The molecule has 2 amide bonds. The van der Waals surface area contributed by atoms with E-state index in [9.17, 15) is 22.8 Å². The molecule has 4 aromatic rings. The smallest absolute Gasteiger partial charge is 0.272 e. The molecular weight excluding hydrogens is 613 g/mol. The van der Waals surface area contributed by atoms with Crippen molar-refractivity contribution in [3.05, 3.63) is 75.3 Å². The minimum atomic E-state index is -2.82. The maximum Gasteiger partial charge on any atom is 0.272 e. The summed E-state index contributed by atoms with van der Waals surface area (Å²) in [6.45, 7) is 4.12. The van der Waals surface area contributed by atoms with Crippen LogP contribution < -0.4 is 20.7 Å². The van der Waals surface area contributed by atoms with Crippen LogP contribution in [0.25, 0.3) is 11.0 Å². The number of carbonyl (C=O) groups excluding carboxylic acids is 2. The van der Waals surface area contributed by atoms with Gasteiger partial charge in [0.1, 0.15) is 18.2 Å². The molecule has 3 aromatic carbocycles. The summed E-state index contributed by atoms with van der Waals surface area (Å²) in [5, 5.41) is 7.87. The number of nitrogens with zero attached hydrogens (tertiary/aromatic N) is 2. The van der Waals surface area contributed by atoms with E-state index in [2.05, 4.69) is 20.9 Å². The summed E-state index contributed by atoms with van der Waals surface area (Å²) in [7, 11) is 1.58. The Bertz CT molecular complexity index is 1710. The quantitative estimate of drug-likeness (QED) is 0.165. The summed E-state index contributed by atoms with van der Waals surface area (Å²) in [6, 6.07) is 9.11. The second-order valence-electron chi connectivity index (χ2n) is 10.6. The van der Waals surface area contributed by atoms with E-state index in [-0.39, 0.29) is 62.2 Å². The van der Waals surface area contributed by atoms with Crippen molar-refractivity contribution >= 4 is 63.4 Å². The maximum absolute atomic E-state index is 15.5. The second kappa shape index (κ2) is 12.7. The molecule has 3 N–H and O–H groups in total. The predicted octanol–water partition coefficient (Wildman–Crippen LogP) is 7.46. The van der Waals surface area contributed by atoms with Crippen LogP contribution in [0, 0.1) is 17.0 Å². The van der Waals surface area contributed by atoms with Crippen molar-refractivity contribution in [3.63, 3.8) is 0 Å². The Morgan fingerprint density at radius 2 is 1.77 bits per heavy atom. The minimum absolute atomic E-state index is 0.0365. The number of aromatic nitrogens is 2. The van der Waals surface area contributed by atoms with Gasteiger partial charge in [-0.05, 0) is 30.3 Å². The number of alkyl halides is 2. The standard InChI is InChI=1S/C29H27Cl2F4N5O3/c1-29(2,3)27(42)36-12-14-5-7-17(30)25(24(14)35)39-28-38-20-10-16(22(43-13-23(33)34)11-21(20)40(28)4)26(41)37-15-6-8-19(32)18(31)9-15/h5-11,23H,12-13H2,1-4H3,(H,36,42)(H,37,41)(H,38,39). The molecule has 0 atom stereocenters. The third kappa shape index (κ3) is 7.31. The predicted molar refractivity (Wildman–Crippen MR) is 158 cm³/mol. The number of imidazole rings is 1. The van der Waals surface area contributed by atoms with E-state index < -0.39 is 36.0 Å². The lowest BCUT2D eigenvalue weighted by atomic mass is 9.95. The molecule has 0 aliphatic carbocycles. The largest absolute Gasteiger partial charge is 0.487 e. The Kier molecular flexibility index (Phi) is 9.41. The molecule has 8 nitrogen and oxygen atoms in total. The average molecular weight is 640 g/mol. The van der Waals surface area contributed by atoms with Gasteiger partial charge in [-0.2, -0.15) is 0 Å². The highest BCUT2D eigenvalue weighted by Crippen LogP contribution is 2.34. The van der Waals surface area contributed by atoms with Crippen molar-refractivity contribution < 1.29 is 31.9 Å². The van der Waals surface area contributed by atoms with Gasteiger partial charge < -0.3 is 25.3 Å². The van der Waals surface area contributed by atoms with Crippen LogP contribution in [0.1, 0.15) is 36.7 Å². The zero-order chi connectivity index (χ0) is 31.6. The Labute approximate surface area is 254 Å². The number of benzene rings is 3. The number of aryl methyl sites for hydroxylation is 1. The van der Waals surface area contributed by atoms with E-state index in [4.69, 9.17) is 27.9 Å². The molecule has 14 heteroatoms. The highest BCUT2D eigenvalue weighted by molar-refractivity contribution is 6.33. The summed E-state index contributed by atoms with van der Waals surface area (Å²) in [5.41, 5.74) is 0.00716. The van der Waals surface area contributed by atoms with Gasteiger partial charge in [0.2, 0.25) is 11.9 Å². The van der Waals surface area contributed by atoms with Gasteiger partial charge in [0.05, 0.1) is 32.3 Å². The molecule has 0 fully saturated rings. The number of hydrogen-bond donors (Lipinski definition) is 3. The Morgan fingerprint density at radius 3 is 2.42 bits per heavy atom. The van der Waals surface area contributed by atoms with Gasteiger partial charge in [-0.15, -0.1) is 0 Å². The number of carbonyl (C=O) groups is 2. The van der Waals surface area contributed by atoms with Crippen LogP contribution in [0.2, 0.25) is 10.0 Å². The van der Waals surface area contributed by atoms with E-state index in [0.29, 0.717) is 5.52 Å². The molecule has 1 heterocycles. The van der Waals surface area contributed by atoms with Crippen LogP contribution in [-0.2, 0) is 18.4 Å². The number of hydrogen-bond acceptors (Lipinski definition) is 5. The lowest BCUT2D eigenvalue weighted by molar-refractivity contribution is -0.128. The van der Waals surface area contributed by atoms with Crippen LogP contribution in [0.5, 0.6) is 5.75 Å². The zero-order valence-electron chi connectivity index (χ0n) is 23.4. The minimum Gasteiger partial charge on any atom is -0.487 e. The molecule has 0 saturated carbocycles. The average Bonchev–Trinajstić information content (AvgIpc) is 3.24. The number of rotatable bonds is 9. The van der Waals surface area contributed by atoms with Gasteiger partial charge in [-0.1, -0.05) is 50.0 Å². The third-order valence-electron chi connectivity index (χ3n) is 6.30. The molecular formula is C29H27Cl2F4N5O3. The fraction of sp³-hybridized carbons (Fsp3) is 0.276. The third-order valence-corrected chi connectivity index (χ3v) is 6.90. The first kappa shape index (κ1) is 31.9. The Hall–Kier alpha value is -4.03. The molecule has 0 saturated heterocycles. The summed E-state index contributed by atoms with van der Waals surface area (Å²) in [6.07, 6.45) is -2.82. The van der Waals surface area contributed by atoms with Crippen LogP contribution in [0.15, 0.2) is 42.5 Å². The normalized spacial score (nSPS) is 11.6. The summed E-state index contributed by atoms with van der Waals surface area (Å²) >= 11 is 12.1. The van der Waals surface area contributed by atoms with Crippen molar-refractivity contribution in [1.29, 1.82) is 0 Å². The second-order valence-corrected chi connectivity index (χ2v) is 11.4. The molecule has 0 bridgehead atoms. The maximum atomic E-state index is 15.5. The van der Waals surface area contributed by atoms with Crippen LogP contribution >= 0.6 is 23.2 Å². The fourth-order valence-corrected chi connectivity index (χ4v) is 4.33. The zero-order valence-corrected chi connectivity index (χ0v) is 24.9. The summed E-state index contributed by atoms with van der Waals surface area (Å²) < 4.78 is 61.8. The van der Waals surface area contributed by atoms with E-state index >= 15 is 4.39 Å². The number of halogens is 6. The van der Waals surface area contributed by atoms with Gasteiger partial charge in [-0.25, -0.2) is 22.5 Å². The van der Waals surface area contributed by atoms with Crippen molar-refractivity contribution in [3.8, 4) is 5.75 Å². The van der Waals surface area contributed by atoms with E-state index in [1.165, 1.54) is 41.0 Å². The first-order chi connectivity index (χ1) is 20.1.